The Labute approximate surface area is 118 Å². The summed E-state index contributed by atoms with van der Waals surface area (Å²) in [4.78, 5) is 6.67. The van der Waals surface area contributed by atoms with E-state index in [1.165, 1.54) is 12.8 Å². The Morgan fingerprint density at radius 2 is 2.05 bits per heavy atom. The van der Waals surface area contributed by atoms with Crippen LogP contribution in [-0.2, 0) is 6.54 Å². The van der Waals surface area contributed by atoms with E-state index in [9.17, 15) is 0 Å². The average molecular weight is 264 g/mol. The van der Waals surface area contributed by atoms with Crippen LogP contribution in [-0.4, -0.2) is 11.0 Å². The molecule has 4 heteroatoms. The van der Waals surface area contributed by atoms with Crippen LogP contribution < -0.4 is 10.6 Å². The van der Waals surface area contributed by atoms with Crippen molar-refractivity contribution in [1.82, 2.24) is 4.98 Å². The summed E-state index contributed by atoms with van der Waals surface area (Å²) < 4.78 is 0. The van der Waals surface area contributed by atoms with E-state index in [1.54, 1.807) is 6.20 Å². The summed E-state index contributed by atoms with van der Waals surface area (Å²) in [6.07, 6.45) is 4.00. The van der Waals surface area contributed by atoms with Gasteiger partial charge in [0, 0.05) is 24.5 Å². The molecule has 1 aliphatic carbocycles. The molecule has 20 heavy (non-hydrogen) atoms. The number of anilines is 2. The third-order valence-corrected chi connectivity index (χ3v) is 3.55. The predicted molar refractivity (Wildman–Crippen MR) is 79.0 cm³/mol. The Bertz CT molecular complexity index is 638. The van der Waals surface area contributed by atoms with E-state index < -0.39 is 0 Å². The second-order valence-corrected chi connectivity index (χ2v) is 5.07. The van der Waals surface area contributed by atoms with Gasteiger partial charge in [0.25, 0.3) is 0 Å². The van der Waals surface area contributed by atoms with Crippen molar-refractivity contribution in [3.8, 4) is 6.07 Å². The second kappa shape index (κ2) is 5.22. The van der Waals surface area contributed by atoms with E-state index in [0.29, 0.717) is 11.6 Å². The highest BCUT2D eigenvalue weighted by molar-refractivity contribution is 5.51. The lowest BCUT2D eigenvalue weighted by molar-refractivity contribution is 0.779. The van der Waals surface area contributed by atoms with E-state index >= 15 is 0 Å². The molecular weight excluding hydrogens is 248 g/mol. The van der Waals surface area contributed by atoms with Crippen molar-refractivity contribution >= 4 is 11.5 Å². The van der Waals surface area contributed by atoms with E-state index in [1.807, 2.05) is 36.4 Å². The van der Waals surface area contributed by atoms with Crippen molar-refractivity contribution in [3.05, 3.63) is 53.7 Å². The number of pyridine rings is 1. The zero-order valence-corrected chi connectivity index (χ0v) is 11.2. The first-order valence-corrected chi connectivity index (χ1v) is 6.74. The molecule has 0 atom stereocenters. The standard InChI is InChI=1S/C16H16N4/c17-9-12-5-8-16(19-10-12)20(14-6-7-14)11-13-3-1-2-4-15(13)18/h1-5,8,10,14H,6-7,11,18H2. The number of hydrogen-bond donors (Lipinski definition) is 1. The summed E-state index contributed by atoms with van der Waals surface area (Å²) in [5.41, 5.74) is 8.54. The summed E-state index contributed by atoms with van der Waals surface area (Å²) >= 11 is 0. The van der Waals surface area contributed by atoms with Gasteiger partial charge in [-0.25, -0.2) is 4.98 Å². The largest absolute Gasteiger partial charge is 0.398 e. The molecule has 100 valence electrons. The third-order valence-electron chi connectivity index (χ3n) is 3.55. The Morgan fingerprint density at radius 3 is 2.65 bits per heavy atom. The van der Waals surface area contributed by atoms with E-state index in [2.05, 4.69) is 16.0 Å². The maximum absolute atomic E-state index is 8.84. The van der Waals surface area contributed by atoms with E-state index in [4.69, 9.17) is 11.0 Å². The minimum atomic E-state index is 0.537. The van der Waals surface area contributed by atoms with Gasteiger partial charge in [-0.1, -0.05) is 18.2 Å². The summed E-state index contributed by atoms with van der Waals surface area (Å²) in [5.74, 6) is 0.912. The topological polar surface area (TPSA) is 65.9 Å². The van der Waals surface area contributed by atoms with Crippen LogP contribution in [0.4, 0.5) is 11.5 Å². The fourth-order valence-electron chi connectivity index (χ4n) is 2.27. The first-order chi connectivity index (χ1) is 9.78. The zero-order valence-electron chi connectivity index (χ0n) is 11.2. The molecule has 2 aromatic rings. The van der Waals surface area contributed by atoms with Crippen molar-refractivity contribution in [1.29, 1.82) is 5.26 Å². The summed E-state index contributed by atoms with van der Waals surface area (Å²) in [5, 5.41) is 8.84. The van der Waals surface area contributed by atoms with Gasteiger partial charge >= 0.3 is 0 Å². The Hall–Kier alpha value is -2.54. The van der Waals surface area contributed by atoms with Crippen LogP contribution in [0.15, 0.2) is 42.6 Å². The van der Waals surface area contributed by atoms with Crippen LogP contribution >= 0.6 is 0 Å². The van der Waals surface area contributed by atoms with Gasteiger partial charge in [0.1, 0.15) is 11.9 Å². The summed E-state index contributed by atoms with van der Waals surface area (Å²) in [6.45, 7) is 0.760. The molecule has 0 amide bonds. The number of benzene rings is 1. The quantitative estimate of drug-likeness (QED) is 0.862. The van der Waals surface area contributed by atoms with Crippen molar-refractivity contribution in [2.75, 3.05) is 10.6 Å². The number of aromatic nitrogens is 1. The summed E-state index contributed by atoms with van der Waals surface area (Å²) in [7, 11) is 0. The van der Waals surface area contributed by atoms with Crippen LogP contribution in [0.2, 0.25) is 0 Å². The number of rotatable bonds is 4. The van der Waals surface area contributed by atoms with Crippen molar-refractivity contribution in [3.63, 3.8) is 0 Å². The normalized spacial score (nSPS) is 13.8. The zero-order chi connectivity index (χ0) is 13.9. The lowest BCUT2D eigenvalue weighted by Crippen LogP contribution is -2.26. The van der Waals surface area contributed by atoms with Gasteiger partial charge in [-0.05, 0) is 36.6 Å². The van der Waals surface area contributed by atoms with Gasteiger partial charge in [-0.2, -0.15) is 5.26 Å². The van der Waals surface area contributed by atoms with Gasteiger partial charge in [-0.3, -0.25) is 0 Å². The highest BCUT2D eigenvalue weighted by Crippen LogP contribution is 2.32. The predicted octanol–water partition coefficient (Wildman–Crippen LogP) is 2.70. The Morgan fingerprint density at radius 1 is 1.25 bits per heavy atom. The highest BCUT2D eigenvalue weighted by atomic mass is 15.2. The highest BCUT2D eigenvalue weighted by Gasteiger charge is 2.30. The molecule has 0 spiro atoms. The van der Waals surface area contributed by atoms with Crippen LogP contribution in [0.3, 0.4) is 0 Å². The van der Waals surface area contributed by atoms with E-state index in [-0.39, 0.29) is 0 Å². The third kappa shape index (κ3) is 2.57. The lowest BCUT2D eigenvalue weighted by Gasteiger charge is -2.24. The van der Waals surface area contributed by atoms with Crippen LogP contribution in [0.5, 0.6) is 0 Å². The number of para-hydroxylation sites is 1. The molecule has 2 N–H and O–H groups in total. The maximum atomic E-state index is 8.84. The molecule has 1 aromatic heterocycles. The molecule has 1 fully saturated rings. The molecular formula is C16H16N4. The van der Waals surface area contributed by atoms with Gasteiger partial charge in [0.05, 0.1) is 5.56 Å². The fourth-order valence-corrected chi connectivity index (χ4v) is 2.27. The van der Waals surface area contributed by atoms with Crippen molar-refractivity contribution < 1.29 is 0 Å². The van der Waals surface area contributed by atoms with Crippen LogP contribution in [0.25, 0.3) is 0 Å². The van der Waals surface area contributed by atoms with Crippen molar-refractivity contribution in [2.24, 2.45) is 0 Å². The van der Waals surface area contributed by atoms with Crippen LogP contribution in [0.1, 0.15) is 24.0 Å². The fraction of sp³-hybridized carbons (Fsp3) is 0.250. The van der Waals surface area contributed by atoms with Crippen LogP contribution in [0, 0.1) is 11.3 Å². The number of nitriles is 1. The lowest BCUT2D eigenvalue weighted by atomic mass is 10.1. The molecule has 1 aromatic carbocycles. The Balaban J connectivity index is 1.86. The first-order valence-electron chi connectivity index (χ1n) is 6.74. The molecule has 1 heterocycles. The molecule has 1 saturated carbocycles. The molecule has 1 aliphatic rings. The SMILES string of the molecule is N#Cc1ccc(N(Cc2ccccc2N)C2CC2)nc1. The number of nitrogens with zero attached hydrogens (tertiary/aromatic N) is 3. The summed E-state index contributed by atoms with van der Waals surface area (Å²) in [6, 6.07) is 14.3. The maximum Gasteiger partial charge on any atom is 0.129 e. The molecule has 0 saturated heterocycles. The second-order valence-electron chi connectivity index (χ2n) is 5.07. The first kappa shape index (κ1) is 12.5. The monoisotopic (exact) mass is 264 g/mol. The number of nitrogen functional groups attached to an aromatic ring is 1. The number of nitrogens with two attached hydrogens (primary N) is 1. The number of hydrogen-bond acceptors (Lipinski definition) is 4. The minimum Gasteiger partial charge on any atom is -0.398 e. The smallest absolute Gasteiger partial charge is 0.129 e. The molecule has 3 rings (SSSR count). The van der Waals surface area contributed by atoms with Crippen molar-refractivity contribution in [2.45, 2.75) is 25.4 Å². The molecule has 0 radical (unpaired) electrons. The Kier molecular flexibility index (Phi) is 3.26. The average Bonchev–Trinajstić information content (AvgIpc) is 3.31. The molecule has 4 nitrogen and oxygen atoms in total. The molecule has 0 bridgehead atoms. The molecule has 0 unspecified atom stereocenters. The minimum absolute atomic E-state index is 0.537. The van der Waals surface area contributed by atoms with Gasteiger partial charge in [0.15, 0.2) is 0 Å². The van der Waals surface area contributed by atoms with Gasteiger partial charge < -0.3 is 10.6 Å². The van der Waals surface area contributed by atoms with E-state index in [0.717, 1.165) is 23.6 Å². The van der Waals surface area contributed by atoms with Gasteiger partial charge in [-0.15, -0.1) is 0 Å². The van der Waals surface area contributed by atoms with Gasteiger partial charge in [0.2, 0.25) is 0 Å². The molecule has 0 aliphatic heterocycles.